The molecule has 0 aliphatic heterocycles. The van der Waals surface area contributed by atoms with Gasteiger partial charge in [-0.25, -0.2) is 4.90 Å². The van der Waals surface area contributed by atoms with E-state index in [4.69, 9.17) is 0 Å². The summed E-state index contributed by atoms with van der Waals surface area (Å²) < 4.78 is 0. The number of nitrogens with zero attached hydrogens (tertiary/aromatic N) is 1. The Bertz CT molecular complexity index is 230. The second-order valence-corrected chi connectivity index (χ2v) is 3.23. The zero-order valence-corrected chi connectivity index (χ0v) is 9.16. The summed E-state index contributed by atoms with van der Waals surface area (Å²) in [5, 5.41) is 0. The molecule has 80 valence electrons. The van der Waals surface area contributed by atoms with Gasteiger partial charge in [0.25, 0.3) is 0 Å². The molecule has 0 saturated heterocycles. The Morgan fingerprint density at radius 3 is 1.57 bits per heavy atom. The van der Waals surface area contributed by atoms with Gasteiger partial charge in [-0.2, -0.15) is 0 Å². The fraction of sp³-hybridized carbons (Fsp3) is 0.700. The Balaban J connectivity index is 4.76. The summed E-state index contributed by atoms with van der Waals surface area (Å²) in [5.74, 6) is -1.62. The number of carbonyl (C=O) groups excluding carboxylic acids is 3. The van der Waals surface area contributed by atoms with Crippen LogP contribution in [0.25, 0.3) is 0 Å². The van der Waals surface area contributed by atoms with Gasteiger partial charge >= 0.3 is 0 Å². The van der Waals surface area contributed by atoms with Crippen LogP contribution in [0.4, 0.5) is 0 Å². The maximum Gasteiger partial charge on any atom is 0.239 e. The molecule has 0 bridgehead atoms. The van der Waals surface area contributed by atoms with Crippen LogP contribution in [-0.4, -0.2) is 22.6 Å². The molecule has 0 fully saturated rings. The van der Waals surface area contributed by atoms with Crippen molar-refractivity contribution in [3.63, 3.8) is 0 Å². The van der Waals surface area contributed by atoms with Crippen LogP contribution >= 0.6 is 0 Å². The summed E-state index contributed by atoms with van der Waals surface area (Å²) in [6, 6.07) is 0. The number of rotatable bonds is 3. The Morgan fingerprint density at radius 2 is 1.36 bits per heavy atom. The summed E-state index contributed by atoms with van der Waals surface area (Å²) in [6.45, 7) is 6.18. The fourth-order valence-corrected chi connectivity index (χ4v) is 1.35. The van der Waals surface area contributed by atoms with Crippen molar-refractivity contribution in [1.82, 2.24) is 4.90 Å². The Hall–Kier alpha value is -1.19. The minimum absolute atomic E-state index is 0.234. The highest BCUT2D eigenvalue weighted by Gasteiger charge is 2.27. The Labute approximate surface area is 84.3 Å². The molecule has 0 saturated carbocycles. The first-order chi connectivity index (χ1) is 6.45. The van der Waals surface area contributed by atoms with Crippen molar-refractivity contribution in [3.05, 3.63) is 0 Å². The highest BCUT2D eigenvalue weighted by atomic mass is 16.2. The summed E-state index contributed by atoms with van der Waals surface area (Å²) in [5.41, 5.74) is 0. The zero-order chi connectivity index (χ0) is 11.3. The van der Waals surface area contributed by atoms with Gasteiger partial charge in [-0.1, -0.05) is 13.8 Å². The second kappa shape index (κ2) is 5.52. The molecule has 0 spiro atoms. The third-order valence-corrected chi connectivity index (χ3v) is 2.19. The Kier molecular flexibility index (Phi) is 5.05. The number of hydrogen-bond acceptors (Lipinski definition) is 3. The SMILES string of the molecule is CCC(CC)C(=O)N(C(C)=O)C(C)=O. The summed E-state index contributed by atoms with van der Waals surface area (Å²) in [4.78, 5) is 34.5. The van der Waals surface area contributed by atoms with E-state index in [0.717, 1.165) is 4.90 Å². The van der Waals surface area contributed by atoms with Crippen LogP contribution in [0.3, 0.4) is 0 Å². The molecule has 0 aromatic heterocycles. The lowest BCUT2D eigenvalue weighted by molar-refractivity contribution is -0.154. The van der Waals surface area contributed by atoms with E-state index in [-0.39, 0.29) is 11.8 Å². The predicted octanol–water partition coefficient (Wildman–Crippen LogP) is 1.34. The quantitative estimate of drug-likeness (QED) is 0.689. The van der Waals surface area contributed by atoms with Gasteiger partial charge in [-0.05, 0) is 12.8 Å². The van der Waals surface area contributed by atoms with Gasteiger partial charge in [-0.15, -0.1) is 0 Å². The molecule has 0 aromatic carbocycles. The van der Waals surface area contributed by atoms with Crippen molar-refractivity contribution in [2.24, 2.45) is 5.92 Å². The predicted molar refractivity (Wildman–Crippen MR) is 52.3 cm³/mol. The number of hydrogen-bond donors (Lipinski definition) is 0. The van der Waals surface area contributed by atoms with Gasteiger partial charge in [0, 0.05) is 19.8 Å². The van der Waals surface area contributed by atoms with Gasteiger partial charge in [0.15, 0.2) is 0 Å². The standard InChI is InChI=1S/C10H17NO3/c1-5-9(6-2)10(14)11(7(3)12)8(4)13/h9H,5-6H2,1-4H3. The van der Waals surface area contributed by atoms with E-state index in [1.54, 1.807) is 0 Å². The first kappa shape index (κ1) is 12.8. The van der Waals surface area contributed by atoms with E-state index in [9.17, 15) is 14.4 Å². The molecule has 0 N–H and O–H groups in total. The first-order valence-electron chi connectivity index (χ1n) is 4.80. The van der Waals surface area contributed by atoms with Crippen molar-refractivity contribution in [1.29, 1.82) is 0 Å². The molecule has 0 radical (unpaired) electrons. The van der Waals surface area contributed by atoms with Gasteiger partial charge in [0.1, 0.15) is 0 Å². The van der Waals surface area contributed by atoms with E-state index in [1.807, 2.05) is 13.8 Å². The molecule has 0 aliphatic carbocycles. The van der Waals surface area contributed by atoms with Crippen molar-refractivity contribution in [2.45, 2.75) is 40.5 Å². The van der Waals surface area contributed by atoms with Crippen molar-refractivity contribution in [3.8, 4) is 0 Å². The third kappa shape index (κ3) is 2.94. The largest absolute Gasteiger partial charge is 0.274 e. The number of carbonyl (C=O) groups is 3. The number of amides is 3. The molecule has 0 aliphatic rings. The smallest absolute Gasteiger partial charge is 0.239 e. The maximum atomic E-state index is 11.7. The third-order valence-electron chi connectivity index (χ3n) is 2.19. The van der Waals surface area contributed by atoms with Gasteiger partial charge in [-0.3, -0.25) is 14.4 Å². The molecular weight excluding hydrogens is 182 g/mol. The van der Waals surface area contributed by atoms with Crippen LogP contribution in [0, 0.1) is 5.92 Å². The topological polar surface area (TPSA) is 54.5 Å². The highest BCUT2D eigenvalue weighted by molar-refractivity contribution is 6.09. The van der Waals surface area contributed by atoms with Crippen molar-refractivity contribution in [2.75, 3.05) is 0 Å². The highest BCUT2D eigenvalue weighted by Crippen LogP contribution is 2.12. The van der Waals surface area contributed by atoms with Gasteiger partial charge < -0.3 is 0 Å². The minimum Gasteiger partial charge on any atom is -0.274 e. The first-order valence-corrected chi connectivity index (χ1v) is 4.80. The van der Waals surface area contributed by atoms with E-state index in [0.29, 0.717) is 12.8 Å². The molecular formula is C10H17NO3. The summed E-state index contributed by atoms with van der Waals surface area (Å²) in [6.07, 6.45) is 1.29. The molecule has 14 heavy (non-hydrogen) atoms. The van der Waals surface area contributed by atoms with E-state index >= 15 is 0 Å². The van der Waals surface area contributed by atoms with Crippen LogP contribution in [0.5, 0.6) is 0 Å². The van der Waals surface area contributed by atoms with Crippen molar-refractivity contribution >= 4 is 17.7 Å². The summed E-state index contributed by atoms with van der Waals surface area (Å²) in [7, 11) is 0. The normalized spacial score (nSPS) is 10.1. The fourth-order valence-electron chi connectivity index (χ4n) is 1.35. The van der Waals surface area contributed by atoms with Crippen LogP contribution in [-0.2, 0) is 14.4 Å². The molecule has 0 heterocycles. The van der Waals surface area contributed by atoms with Crippen LogP contribution in [0.2, 0.25) is 0 Å². The molecule has 0 aromatic rings. The zero-order valence-electron chi connectivity index (χ0n) is 9.16. The van der Waals surface area contributed by atoms with E-state index in [2.05, 4.69) is 0 Å². The molecule has 0 atom stereocenters. The van der Waals surface area contributed by atoms with Crippen molar-refractivity contribution < 1.29 is 14.4 Å². The monoisotopic (exact) mass is 199 g/mol. The van der Waals surface area contributed by atoms with E-state index in [1.165, 1.54) is 13.8 Å². The average molecular weight is 199 g/mol. The molecule has 4 nitrogen and oxygen atoms in total. The molecule has 0 unspecified atom stereocenters. The van der Waals surface area contributed by atoms with Crippen LogP contribution in [0.1, 0.15) is 40.5 Å². The lowest BCUT2D eigenvalue weighted by atomic mass is 10.0. The molecule has 4 heteroatoms. The lowest BCUT2D eigenvalue weighted by Crippen LogP contribution is -2.42. The van der Waals surface area contributed by atoms with E-state index < -0.39 is 11.8 Å². The minimum atomic E-state index is -0.505. The maximum absolute atomic E-state index is 11.7. The van der Waals surface area contributed by atoms with Gasteiger partial charge in [0.2, 0.25) is 17.7 Å². The number of imide groups is 3. The van der Waals surface area contributed by atoms with Crippen LogP contribution in [0.15, 0.2) is 0 Å². The lowest BCUT2D eigenvalue weighted by Gasteiger charge is -2.20. The molecule has 3 amide bonds. The Morgan fingerprint density at radius 1 is 1.00 bits per heavy atom. The summed E-state index contributed by atoms with van der Waals surface area (Å²) >= 11 is 0. The second-order valence-electron chi connectivity index (χ2n) is 3.23. The van der Waals surface area contributed by atoms with Gasteiger partial charge in [0.05, 0.1) is 0 Å². The van der Waals surface area contributed by atoms with Crippen LogP contribution < -0.4 is 0 Å². The average Bonchev–Trinajstić information content (AvgIpc) is 2.04. The molecule has 0 rings (SSSR count).